The van der Waals surface area contributed by atoms with Crippen LogP contribution in [0.3, 0.4) is 0 Å². The highest BCUT2D eigenvalue weighted by Gasteiger charge is 2.10. The second-order valence-electron chi connectivity index (χ2n) is 3.97. The summed E-state index contributed by atoms with van der Waals surface area (Å²) in [6, 6.07) is 7.21. The van der Waals surface area contributed by atoms with Crippen LogP contribution in [-0.2, 0) is 6.54 Å². The van der Waals surface area contributed by atoms with Gasteiger partial charge in [-0.2, -0.15) is 0 Å². The topological polar surface area (TPSA) is 62.4 Å². The third kappa shape index (κ3) is 3.29. The molecule has 0 radical (unpaired) electrons. The van der Waals surface area contributed by atoms with E-state index in [-0.39, 0.29) is 6.61 Å². The van der Waals surface area contributed by atoms with Gasteiger partial charge >= 0.3 is 0 Å². The average Bonchev–Trinajstić information content (AvgIpc) is 2.78. The summed E-state index contributed by atoms with van der Waals surface area (Å²) in [5.74, 6) is 0.995. The number of aromatic nitrogens is 2. The Kier molecular flexibility index (Phi) is 4.30. The number of nitrogens with zero attached hydrogens (tertiary/aromatic N) is 3. The number of halogens is 1. The molecule has 0 aliphatic carbocycles. The second-order valence-corrected chi connectivity index (χ2v) is 4.41. The highest BCUT2D eigenvalue weighted by Crippen LogP contribution is 2.20. The minimum absolute atomic E-state index is 0.106. The van der Waals surface area contributed by atoms with Crippen molar-refractivity contribution in [3.8, 4) is 11.5 Å². The highest BCUT2D eigenvalue weighted by atomic mass is 35.5. The number of likely N-dealkylation sites (N-methyl/N-ethyl adjacent to an activating group) is 1. The van der Waals surface area contributed by atoms with Crippen molar-refractivity contribution in [3.63, 3.8) is 0 Å². The van der Waals surface area contributed by atoms with Crippen LogP contribution < -0.4 is 0 Å². The molecule has 0 aliphatic rings. The largest absolute Gasteiger partial charge is 0.419 e. The lowest BCUT2D eigenvalue weighted by Gasteiger charge is -2.11. The quantitative estimate of drug-likeness (QED) is 0.895. The predicted molar refractivity (Wildman–Crippen MR) is 68.2 cm³/mol. The normalized spacial score (nSPS) is 11.1. The summed E-state index contributed by atoms with van der Waals surface area (Å²) >= 11 is 5.81. The van der Waals surface area contributed by atoms with Crippen molar-refractivity contribution in [1.82, 2.24) is 15.1 Å². The Morgan fingerprint density at radius 1 is 1.28 bits per heavy atom. The summed E-state index contributed by atoms with van der Waals surface area (Å²) in [7, 11) is 1.88. The Labute approximate surface area is 110 Å². The van der Waals surface area contributed by atoms with Gasteiger partial charge in [0.2, 0.25) is 11.8 Å². The molecule has 0 atom stereocenters. The Bertz CT molecular complexity index is 498. The first-order valence-electron chi connectivity index (χ1n) is 5.57. The molecule has 1 heterocycles. The minimum Gasteiger partial charge on any atom is -0.419 e. The van der Waals surface area contributed by atoms with E-state index in [2.05, 4.69) is 10.2 Å². The van der Waals surface area contributed by atoms with Crippen LogP contribution in [0.4, 0.5) is 0 Å². The van der Waals surface area contributed by atoms with Crippen LogP contribution in [-0.4, -0.2) is 40.4 Å². The van der Waals surface area contributed by atoms with Crippen LogP contribution in [0, 0.1) is 0 Å². The molecular formula is C12H14ClN3O2. The third-order valence-corrected chi connectivity index (χ3v) is 2.70. The zero-order valence-electron chi connectivity index (χ0n) is 10.0. The molecule has 18 heavy (non-hydrogen) atoms. The fraction of sp³-hybridized carbons (Fsp3) is 0.333. The van der Waals surface area contributed by atoms with Gasteiger partial charge in [0.15, 0.2) is 0 Å². The fourth-order valence-corrected chi connectivity index (χ4v) is 1.63. The number of rotatable bonds is 5. The summed E-state index contributed by atoms with van der Waals surface area (Å²) in [5, 5.41) is 17.4. The maximum atomic E-state index is 8.80. The summed E-state index contributed by atoms with van der Waals surface area (Å²) in [5.41, 5.74) is 0.836. The second kappa shape index (κ2) is 5.95. The van der Waals surface area contributed by atoms with E-state index in [1.54, 1.807) is 12.1 Å². The highest BCUT2D eigenvalue weighted by molar-refractivity contribution is 6.30. The molecule has 0 aliphatic heterocycles. The van der Waals surface area contributed by atoms with Gasteiger partial charge in [-0.1, -0.05) is 11.6 Å². The van der Waals surface area contributed by atoms with Gasteiger partial charge in [-0.05, 0) is 31.3 Å². The van der Waals surface area contributed by atoms with Gasteiger partial charge in [0.05, 0.1) is 13.2 Å². The molecule has 0 amide bonds. The molecule has 0 bridgehead atoms. The summed E-state index contributed by atoms with van der Waals surface area (Å²) in [6.45, 7) is 1.19. The monoisotopic (exact) mass is 267 g/mol. The summed E-state index contributed by atoms with van der Waals surface area (Å²) in [4.78, 5) is 1.90. The number of hydrogen-bond acceptors (Lipinski definition) is 5. The maximum absolute atomic E-state index is 8.80. The molecule has 1 aromatic carbocycles. The number of hydrogen-bond donors (Lipinski definition) is 1. The Hall–Kier alpha value is -1.43. The van der Waals surface area contributed by atoms with Crippen LogP contribution in [0.5, 0.6) is 0 Å². The molecule has 0 spiro atoms. The Balaban J connectivity index is 2.08. The standard InChI is InChI=1S/C12H14ClN3O2/c1-16(6-7-17)8-11-14-15-12(18-11)9-2-4-10(13)5-3-9/h2-5,17H,6-8H2,1H3. The molecule has 0 saturated carbocycles. The molecule has 2 rings (SSSR count). The van der Waals surface area contributed by atoms with Crippen molar-refractivity contribution >= 4 is 11.6 Å². The van der Waals surface area contributed by atoms with E-state index >= 15 is 0 Å². The molecule has 2 aromatic rings. The van der Waals surface area contributed by atoms with Gasteiger partial charge in [-0.3, -0.25) is 4.90 Å². The molecule has 5 nitrogen and oxygen atoms in total. The van der Waals surface area contributed by atoms with E-state index in [9.17, 15) is 0 Å². The molecule has 1 N–H and O–H groups in total. The van der Waals surface area contributed by atoms with E-state index in [0.29, 0.717) is 29.9 Å². The first-order valence-corrected chi connectivity index (χ1v) is 5.94. The molecule has 0 saturated heterocycles. The smallest absolute Gasteiger partial charge is 0.247 e. The summed E-state index contributed by atoms with van der Waals surface area (Å²) < 4.78 is 5.54. The van der Waals surface area contributed by atoms with Gasteiger partial charge < -0.3 is 9.52 Å². The Morgan fingerprint density at radius 3 is 2.67 bits per heavy atom. The van der Waals surface area contributed by atoms with E-state index in [1.165, 1.54) is 0 Å². The van der Waals surface area contributed by atoms with Crippen LogP contribution in [0.25, 0.3) is 11.5 Å². The van der Waals surface area contributed by atoms with Crippen molar-refractivity contribution < 1.29 is 9.52 Å². The lowest BCUT2D eigenvalue weighted by atomic mass is 10.2. The fourth-order valence-electron chi connectivity index (χ4n) is 1.51. The minimum atomic E-state index is 0.106. The van der Waals surface area contributed by atoms with Crippen molar-refractivity contribution in [1.29, 1.82) is 0 Å². The van der Waals surface area contributed by atoms with Crippen LogP contribution in [0.2, 0.25) is 5.02 Å². The zero-order chi connectivity index (χ0) is 13.0. The zero-order valence-corrected chi connectivity index (χ0v) is 10.8. The van der Waals surface area contributed by atoms with E-state index in [1.807, 2.05) is 24.1 Å². The van der Waals surface area contributed by atoms with Gasteiger partial charge in [0, 0.05) is 17.1 Å². The predicted octanol–water partition coefficient (Wildman–Crippen LogP) is 1.81. The lowest BCUT2D eigenvalue weighted by Crippen LogP contribution is -2.21. The molecule has 0 unspecified atom stereocenters. The van der Waals surface area contributed by atoms with Crippen LogP contribution in [0.1, 0.15) is 5.89 Å². The van der Waals surface area contributed by atoms with Crippen LogP contribution >= 0.6 is 11.6 Å². The van der Waals surface area contributed by atoms with Crippen molar-refractivity contribution in [2.75, 3.05) is 20.2 Å². The maximum Gasteiger partial charge on any atom is 0.247 e. The van der Waals surface area contributed by atoms with Crippen LogP contribution in [0.15, 0.2) is 28.7 Å². The average molecular weight is 268 g/mol. The molecule has 1 aromatic heterocycles. The molecule has 0 fully saturated rings. The van der Waals surface area contributed by atoms with Gasteiger partial charge in [-0.25, -0.2) is 0 Å². The van der Waals surface area contributed by atoms with E-state index in [4.69, 9.17) is 21.1 Å². The first kappa shape index (κ1) is 13.0. The SMILES string of the molecule is CN(CCO)Cc1nnc(-c2ccc(Cl)cc2)o1. The van der Waals surface area contributed by atoms with Gasteiger partial charge in [0.25, 0.3) is 0 Å². The molecule has 96 valence electrons. The Morgan fingerprint density at radius 2 is 2.00 bits per heavy atom. The number of aliphatic hydroxyl groups excluding tert-OH is 1. The molecule has 6 heteroatoms. The lowest BCUT2D eigenvalue weighted by molar-refractivity contribution is 0.206. The van der Waals surface area contributed by atoms with Gasteiger partial charge in [-0.15, -0.1) is 10.2 Å². The molecular weight excluding hydrogens is 254 g/mol. The number of aliphatic hydroxyl groups is 1. The first-order chi connectivity index (χ1) is 8.69. The third-order valence-electron chi connectivity index (χ3n) is 2.44. The van der Waals surface area contributed by atoms with Crippen molar-refractivity contribution in [3.05, 3.63) is 35.2 Å². The summed E-state index contributed by atoms with van der Waals surface area (Å²) in [6.07, 6.45) is 0. The number of benzene rings is 1. The van der Waals surface area contributed by atoms with E-state index < -0.39 is 0 Å². The van der Waals surface area contributed by atoms with Crippen molar-refractivity contribution in [2.45, 2.75) is 6.54 Å². The van der Waals surface area contributed by atoms with Gasteiger partial charge in [0.1, 0.15) is 0 Å². The van der Waals surface area contributed by atoms with E-state index in [0.717, 1.165) is 5.56 Å². The van der Waals surface area contributed by atoms with Crippen molar-refractivity contribution in [2.24, 2.45) is 0 Å².